The van der Waals surface area contributed by atoms with Gasteiger partial charge in [-0.15, -0.1) is 0 Å². The number of carbonyl (C=O) groups excluding carboxylic acids is 1. The SMILES string of the molecule is COc1ccc(CNC(=O)Cn2c(/C=C/c3ccccc3)nc3ccccc32)cc1. The number of nitrogens with one attached hydrogen (secondary N) is 1. The molecule has 0 atom stereocenters. The van der Waals surface area contributed by atoms with E-state index in [-0.39, 0.29) is 12.5 Å². The Hall–Kier alpha value is -3.86. The van der Waals surface area contributed by atoms with E-state index in [9.17, 15) is 4.79 Å². The lowest BCUT2D eigenvalue weighted by Crippen LogP contribution is -2.27. The zero-order valence-electron chi connectivity index (χ0n) is 16.8. The Labute approximate surface area is 175 Å². The normalized spacial score (nSPS) is 11.1. The number of hydrogen-bond donors (Lipinski definition) is 1. The number of methoxy groups -OCH3 is 1. The molecule has 0 fully saturated rings. The predicted molar refractivity (Wildman–Crippen MR) is 120 cm³/mol. The standard InChI is InChI=1S/C25H23N3O2/c1-30-21-14-11-20(12-15-21)17-26-25(29)18-28-23-10-6-5-9-22(23)27-24(28)16-13-19-7-3-2-4-8-19/h2-16H,17-18H2,1H3,(H,26,29)/b16-13+. The maximum atomic E-state index is 12.7. The number of hydrogen-bond acceptors (Lipinski definition) is 3. The van der Waals surface area contributed by atoms with E-state index in [4.69, 9.17) is 9.72 Å². The molecule has 0 spiro atoms. The Balaban J connectivity index is 1.51. The number of ether oxygens (including phenoxy) is 1. The minimum Gasteiger partial charge on any atom is -0.497 e. The topological polar surface area (TPSA) is 56.1 Å². The molecule has 1 aromatic heterocycles. The molecular formula is C25H23N3O2. The van der Waals surface area contributed by atoms with E-state index in [1.54, 1.807) is 7.11 Å². The van der Waals surface area contributed by atoms with Crippen molar-refractivity contribution in [3.8, 4) is 5.75 Å². The van der Waals surface area contributed by atoms with Gasteiger partial charge in [-0.3, -0.25) is 4.79 Å². The number of carbonyl (C=O) groups is 1. The van der Waals surface area contributed by atoms with Gasteiger partial charge in [0.25, 0.3) is 0 Å². The lowest BCUT2D eigenvalue weighted by atomic mass is 10.2. The number of fused-ring (bicyclic) bond motifs is 1. The van der Waals surface area contributed by atoms with Crippen LogP contribution in [0.3, 0.4) is 0 Å². The summed E-state index contributed by atoms with van der Waals surface area (Å²) >= 11 is 0. The summed E-state index contributed by atoms with van der Waals surface area (Å²) in [6.45, 7) is 0.662. The van der Waals surface area contributed by atoms with E-state index in [2.05, 4.69) is 5.32 Å². The van der Waals surface area contributed by atoms with Crippen LogP contribution in [0.15, 0.2) is 78.9 Å². The molecule has 0 radical (unpaired) electrons. The van der Waals surface area contributed by atoms with Crippen LogP contribution in [0.2, 0.25) is 0 Å². The number of amides is 1. The Morgan fingerprint density at radius 1 is 0.967 bits per heavy atom. The number of benzene rings is 3. The number of para-hydroxylation sites is 2. The third-order valence-corrected chi connectivity index (χ3v) is 4.86. The number of aromatic nitrogens is 2. The lowest BCUT2D eigenvalue weighted by Gasteiger charge is -2.09. The van der Waals surface area contributed by atoms with E-state index in [1.165, 1.54) is 0 Å². The Kier molecular flexibility index (Phi) is 5.90. The van der Waals surface area contributed by atoms with Gasteiger partial charge in [0, 0.05) is 6.54 Å². The van der Waals surface area contributed by atoms with Crippen molar-refractivity contribution in [1.82, 2.24) is 14.9 Å². The molecule has 4 aromatic rings. The molecule has 0 saturated heterocycles. The fourth-order valence-electron chi connectivity index (χ4n) is 3.27. The molecule has 0 aliphatic rings. The van der Waals surface area contributed by atoms with Gasteiger partial charge < -0.3 is 14.6 Å². The van der Waals surface area contributed by atoms with Crippen molar-refractivity contribution in [3.63, 3.8) is 0 Å². The highest BCUT2D eigenvalue weighted by molar-refractivity contribution is 5.83. The highest BCUT2D eigenvalue weighted by atomic mass is 16.5. The van der Waals surface area contributed by atoms with Crippen molar-refractivity contribution in [3.05, 3.63) is 95.8 Å². The van der Waals surface area contributed by atoms with E-state index in [0.29, 0.717) is 6.54 Å². The number of rotatable bonds is 7. The molecule has 1 heterocycles. The fourth-order valence-corrected chi connectivity index (χ4v) is 3.27. The minimum absolute atomic E-state index is 0.0664. The largest absolute Gasteiger partial charge is 0.497 e. The van der Waals surface area contributed by atoms with Crippen LogP contribution >= 0.6 is 0 Å². The molecule has 30 heavy (non-hydrogen) atoms. The average molecular weight is 397 g/mol. The second-order valence-corrected chi connectivity index (χ2v) is 6.91. The van der Waals surface area contributed by atoms with Crippen LogP contribution in [0.25, 0.3) is 23.2 Å². The van der Waals surface area contributed by atoms with Crippen molar-refractivity contribution in [2.24, 2.45) is 0 Å². The van der Waals surface area contributed by atoms with Crippen molar-refractivity contribution in [1.29, 1.82) is 0 Å². The molecule has 150 valence electrons. The first kappa shape index (κ1) is 19.5. The summed E-state index contributed by atoms with van der Waals surface area (Å²) in [5.74, 6) is 1.48. The van der Waals surface area contributed by atoms with Gasteiger partial charge in [-0.2, -0.15) is 0 Å². The third-order valence-electron chi connectivity index (χ3n) is 4.86. The molecule has 0 bridgehead atoms. The summed E-state index contributed by atoms with van der Waals surface area (Å²) in [5, 5.41) is 2.99. The fraction of sp³-hybridized carbons (Fsp3) is 0.120. The van der Waals surface area contributed by atoms with Crippen LogP contribution in [0.5, 0.6) is 5.75 Å². The summed E-state index contributed by atoms with van der Waals surface area (Å²) in [4.78, 5) is 17.4. The first-order valence-corrected chi connectivity index (χ1v) is 9.81. The summed E-state index contributed by atoms with van der Waals surface area (Å²) < 4.78 is 7.11. The van der Waals surface area contributed by atoms with E-state index < -0.39 is 0 Å². The van der Waals surface area contributed by atoms with E-state index in [1.807, 2.05) is 95.6 Å². The first-order valence-electron chi connectivity index (χ1n) is 9.81. The maximum absolute atomic E-state index is 12.7. The molecule has 0 unspecified atom stereocenters. The molecule has 0 aliphatic carbocycles. The average Bonchev–Trinajstić information content (AvgIpc) is 3.14. The van der Waals surface area contributed by atoms with Crippen molar-refractivity contribution in [2.75, 3.05) is 7.11 Å². The van der Waals surface area contributed by atoms with Gasteiger partial charge in [0.2, 0.25) is 5.91 Å². The monoisotopic (exact) mass is 397 g/mol. The molecule has 0 saturated carbocycles. The van der Waals surface area contributed by atoms with Crippen molar-refractivity contribution in [2.45, 2.75) is 13.1 Å². The minimum atomic E-state index is -0.0664. The van der Waals surface area contributed by atoms with Gasteiger partial charge in [-0.1, -0.05) is 60.7 Å². The molecule has 5 heteroatoms. The quantitative estimate of drug-likeness (QED) is 0.498. The Morgan fingerprint density at radius 3 is 2.47 bits per heavy atom. The number of nitrogens with zero attached hydrogens (tertiary/aromatic N) is 2. The van der Waals surface area contributed by atoms with Gasteiger partial charge in [-0.25, -0.2) is 4.98 Å². The second-order valence-electron chi connectivity index (χ2n) is 6.91. The van der Waals surface area contributed by atoms with Crippen LogP contribution in [-0.4, -0.2) is 22.6 Å². The lowest BCUT2D eigenvalue weighted by molar-refractivity contribution is -0.121. The zero-order valence-corrected chi connectivity index (χ0v) is 16.8. The summed E-state index contributed by atoms with van der Waals surface area (Å²) in [5.41, 5.74) is 3.90. The van der Waals surface area contributed by atoms with Crippen molar-refractivity contribution < 1.29 is 9.53 Å². The van der Waals surface area contributed by atoms with Gasteiger partial charge >= 0.3 is 0 Å². The molecule has 3 aromatic carbocycles. The van der Waals surface area contributed by atoms with Gasteiger partial charge in [0.05, 0.1) is 18.1 Å². The van der Waals surface area contributed by atoms with Gasteiger partial charge in [0.1, 0.15) is 18.1 Å². The molecular weight excluding hydrogens is 374 g/mol. The summed E-state index contributed by atoms with van der Waals surface area (Å²) in [6.07, 6.45) is 3.96. The van der Waals surface area contributed by atoms with Crippen LogP contribution in [0.1, 0.15) is 17.0 Å². The smallest absolute Gasteiger partial charge is 0.240 e. The molecule has 1 amide bonds. The molecule has 5 nitrogen and oxygen atoms in total. The third kappa shape index (κ3) is 4.58. The highest BCUT2D eigenvalue weighted by Gasteiger charge is 2.12. The zero-order chi connectivity index (χ0) is 20.8. The molecule has 4 rings (SSSR count). The number of imidazole rings is 1. The van der Waals surface area contributed by atoms with Gasteiger partial charge in [0.15, 0.2) is 0 Å². The van der Waals surface area contributed by atoms with E-state index in [0.717, 1.165) is 33.7 Å². The molecule has 1 N–H and O–H groups in total. The van der Waals surface area contributed by atoms with Gasteiger partial charge in [-0.05, 0) is 41.5 Å². The first-order chi connectivity index (χ1) is 14.7. The van der Waals surface area contributed by atoms with Crippen LogP contribution in [0.4, 0.5) is 0 Å². The Bertz CT molecular complexity index is 1160. The highest BCUT2D eigenvalue weighted by Crippen LogP contribution is 2.18. The van der Waals surface area contributed by atoms with Crippen LogP contribution < -0.4 is 10.1 Å². The van der Waals surface area contributed by atoms with Crippen molar-refractivity contribution >= 4 is 29.1 Å². The maximum Gasteiger partial charge on any atom is 0.240 e. The molecule has 0 aliphatic heterocycles. The van der Waals surface area contributed by atoms with E-state index >= 15 is 0 Å². The van der Waals surface area contributed by atoms with Crippen LogP contribution in [-0.2, 0) is 17.9 Å². The van der Waals surface area contributed by atoms with Crippen LogP contribution in [0, 0.1) is 0 Å². The predicted octanol–water partition coefficient (Wildman–Crippen LogP) is 4.53. The Morgan fingerprint density at radius 2 is 1.70 bits per heavy atom. The summed E-state index contributed by atoms with van der Waals surface area (Å²) in [7, 11) is 1.63. The summed E-state index contributed by atoms with van der Waals surface area (Å²) in [6, 6.07) is 25.6. The second kappa shape index (κ2) is 9.09.